The zero-order valence-corrected chi connectivity index (χ0v) is 13.3. The topological polar surface area (TPSA) is 47.6 Å². The fourth-order valence-corrected chi connectivity index (χ4v) is 1.75. The Balaban J connectivity index is 2.75. The fraction of sp³-hybridized carbons (Fsp3) is 0.353. The van der Waals surface area contributed by atoms with Crippen molar-refractivity contribution in [3.05, 3.63) is 60.3 Å². The summed E-state index contributed by atoms with van der Waals surface area (Å²) in [5.41, 5.74) is 4.59. The van der Waals surface area contributed by atoms with E-state index >= 15 is 0 Å². The summed E-state index contributed by atoms with van der Waals surface area (Å²) in [6, 6.07) is 2.84. The van der Waals surface area contributed by atoms with Gasteiger partial charge in [-0.3, -0.25) is 0 Å². The fourth-order valence-electron chi connectivity index (χ4n) is 1.75. The third kappa shape index (κ3) is 5.19. The Labute approximate surface area is 138 Å². The number of benzene rings is 1. The van der Waals surface area contributed by atoms with Crippen molar-refractivity contribution >= 4 is 6.21 Å². The first-order valence-electron chi connectivity index (χ1n) is 7.27. The third-order valence-electron chi connectivity index (χ3n) is 3.33. The lowest BCUT2D eigenvalue weighted by molar-refractivity contribution is 0.0479. The Morgan fingerprint density at radius 3 is 2.71 bits per heavy atom. The van der Waals surface area contributed by atoms with Crippen molar-refractivity contribution in [3.63, 3.8) is 0 Å². The van der Waals surface area contributed by atoms with Gasteiger partial charge >= 0.3 is 0 Å². The molecule has 0 aliphatic rings. The first-order chi connectivity index (χ1) is 11.2. The number of nitrogens with two attached hydrogens (primary N) is 1. The van der Waals surface area contributed by atoms with E-state index < -0.39 is 29.5 Å². The standard InChI is InChI=1S/C17H20F4N2O/c1-4-15(22)14(18)9-23-11(3)24-10-12-7-6-8-13(16(12)19)17(20,21)5-2/h5-9,14-15H,2-4,10,22H2,1H3. The number of hydrogen-bond donors (Lipinski definition) is 1. The summed E-state index contributed by atoms with van der Waals surface area (Å²) < 4.78 is 59.8. The van der Waals surface area contributed by atoms with Crippen LogP contribution in [0.3, 0.4) is 0 Å². The van der Waals surface area contributed by atoms with E-state index in [9.17, 15) is 17.6 Å². The van der Waals surface area contributed by atoms with Gasteiger partial charge in [0.15, 0.2) is 6.17 Å². The van der Waals surface area contributed by atoms with Crippen molar-refractivity contribution < 1.29 is 22.3 Å². The molecule has 0 radical (unpaired) electrons. The molecular formula is C17H20F4N2O. The van der Waals surface area contributed by atoms with Crippen LogP contribution in [-0.2, 0) is 17.3 Å². The van der Waals surface area contributed by atoms with E-state index in [0.717, 1.165) is 12.3 Å². The maximum Gasteiger partial charge on any atom is 0.294 e. The number of aliphatic imine (C=N–C) groups is 1. The maximum atomic E-state index is 14.1. The molecule has 0 aromatic heterocycles. The van der Waals surface area contributed by atoms with Gasteiger partial charge in [0.2, 0.25) is 5.88 Å². The van der Waals surface area contributed by atoms with E-state index in [1.165, 1.54) is 12.1 Å². The van der Waals surface area contributed by atoms with Crippen molar-refractivity contribution in [1.82, 2.24) is 0 Å². The van der Waals surface area contributed by atoms with Crippen LogP contribution in [-0.4, -0.2) is 18.4 Å². The van der Waals surface area contributed by atoms with Crippen molar-refractivity contribution in [3.8, 4) is 0 Å². The summed E-state index contributed by atoms with van der Waals surface area (Å²) in [4.78, 5) is 3.64. The number of rotatable bonds is 9. The highest BCUT2D eigenvalue weighted by Gasteiger charge is 2.31. The second-order valence-electron chi connectivity index (χ2n) is 5.08. The molecule has 1 aromatic rings. The van der Waals surface area contributed by atoms with Gasteiger partial charge in [-0.25, -0.2) is 13.8 Å². The van der Waals surface area contributed by atoms with Gasteiger partial charge in [-0.15, -0.1) is 0 Å². The number of hydrogen-bond acceptors (Lipinski definition) is 3. The van der Waals surface area contributed by atoms with E-state index in [-0.39, 0.29) is 18.1 Å². The Kier molecular flexibility index (Phi) is 7.16. The summed E-state index contributed by atoms with van der Waals surface area (Å²) in [5.74, 6) is -4.77. The number of halogens is 4. The molecule has 0 heterocycles. The summed E-state index contributed by atoms with van der Waals surface area (Å²) >= 11 is 0. The molecule has 132 valence electrons. The quantitative estimate of drug-likeness (QED) is 0.315. The zero-order valence-electron chi connectivity index (χ0n) is 13.3. The predicted octanol–water partition coefficient (Wildman–Crippen LogP) is 4.24. The van der Waals surface area contributed by atoms with Crippen LogP contribution in [0.15, 0.2) is 48.3 Å². The molecule has 24 heavy (non-hydrogen) atoms. The number of allylic oxidation sites excluding steroid dienone is 1. The van der Waals surface area contributed by atoms with E-state index in [0.29, 0.717) is 12.5 Å². The largest absolute Gasteiger partial charge is 0.473 e. The van der Waals surface area contributed by atoms with Crippen LogP contribution in [0.5, 0.6) is 0 Å². The van der Waals surface area contributed by atoms with Gasteiger partial charge in [0.1, 0.15) is 12.4 Å². The second-order valence-corrected chi connectivity index (χ2v) is 5.08. The molecule has 2 atom stereocenters. The lowest BCUT2D eigenvalue weighted by Gasteiger charge is -2.15. The Hall–Kier alpha value is -2.15. The van der Waals surface area contributed by atoms with Crippen LogP contribution >= 0.6 is 0 Å². The molecule has 0 saturated carbocycles. The molecule has 0 aliphatic carbocycles. The summed E-state index contributed by atoms with van der Waals surface area (Å²) in [6.45, 7) is 7.77. The van der Waals surface area contributed by atoms with Crippen LogP contribution in [0.2, 0.25) is 0 Å². The van der Waals surface area contributed by atoms with Crippen LogP contribution in [0, 0.1) is 5.82 Å². The Morgan fingerprint density at radius 2 is 2.12 bits per heavy atom. The molecule has 0 fully saturated rings. The van der Waals surface area contributed by atoms with E-state index in [2.05, 4.69) is 18.2 Å². The molecule has 0 bridgehead atoms. The third-order valence-corrected chi connectivity index (χ3v) is 3.33. The molecule has 1 aromatic carbocycles. The van der Waals surface area contributed by atoms with Gasteiger partial charge in [0, 0.05) is 17.8 Å². The smallest absolute Gasteiger partial charge is 0.294 e. The molecule has 2 N–H and O–H groups in total. The monoisotopic (exact) mass is 344 g/mol. The van der Waals surface area contributed by atoms with Crippen LogP contribution in [0.25, 0.3) is 0 Å². The lowest BCUT2D eigenvalue weighted by atomic mass is 10.0. The number of nitrogens with zero attached hydrogens (tertiary/aromatic N) is 1. The number of alkyl halides is 3. The molecule has 0 amide bonds. The minimum Gasteiger partial charge on any atom is -0.473 e. The minimum absolute atomic E-state index is 0.104. The molecular weight excluding hydrogens is 324 g/mol. The van der Waals surface area contributed by atoms with Gasteiger partial charge in [-0.2, -0.15) is 8.78 Å². The van der Waals surface area contributed by atoms with E-state index in [1.807, 2.05) is 0 Å². The SMILES string of the molecule is C=CC(F)(F)c1cccc(COC(=C)N=CC(F)C(N)CC)c1F. The minimum atomic E-state index is -3.49. The van der Waals surface area contributed by atoms with E-state index in [1.54, 1.807) is 6.92 Å². The average molecular weight is 344 g/mol. The first-order valence-corrected chi connectivity index (χ1v) is 7.27. The summed E-state index contributed by atoms with van der Waals surface area (Å²) in [7, 11) is 0. The predicted molar refractivity (Wildman–Crippen MR) is 86.1 cm³/mol. The summed E-state index contributed by atoms with van der Waals surface area (Å²) in [6.07, 6.45) is 0.254. The van der Waals surface area contributed by atoms with Gasteiger partial charge in [-0.1, -0.05) is 25.6 Å². The molecule has 0 saturated heterocycles. The second kappa shape index (κ2) is 8.63. The Morgan fingerprint density at radius 1 is 1.46 bits per heavy atom. The average Bonchev–Trinajstić information content (AvgIpc) is 2.57. The highest BCUT2D eigenvalue weighted by atomic mass is 19.3. The number of ether oxygens (including phenoxy) is 1. The molecule has 3 nitrogen and oxygen atoms in total. The highest BCUT2D eigenvalue weighted by Crippen LogP contribution is 2.32. The molecule has 0 aliphatic heterocycles. The normalized spacial score (nSPS) is 14.4. The van der Waals surface area contributed by atoms with Crippen molar-refractivity contribution in [2.45, 2.75) is 38.1 Å². The molecule has 1 rings (SSSR count). The van der Waals surface area contributed by atoms with Gasteiger partial charge in [0.05, 0.1) is 5.56 Å². The van der Waals surface area contributed by atoms with Gasteiger partial charge < -0.3 is 10.5 Å². The van der Waals surface area contributed by atoms with Crippen molar-refractivity contribution in [2.75, 3.05) is 0 Å². The van der Waals surface area contributed by atoms with E-state index in [4.69, 9.17) is 10.5 Å². The molecule has 7 heteroatoms. The zero-order chi connectivity index (χ0) is 18.3. The van der Waals surface area contributed by atoms with Crippen LogP contribution < -0.4 is 5.73 Å². The van der Waals surface area contributed by atoms with Crippen LogP contribution in [0.1, 0.15) is 24.5 Å². The van der Waals surface area contributed by atoms with Crippen LogP contribution in [0.4, 0.5) is 17.6 Å². The Bertz CT molecular complexity index is 617. The maximum absolute atomic E-state index is 14.1. The summed E-state index contributed by atoms with van der Waals surface area (Å²) in [5, 5.41) is 0. The molecule has 0 spiro atoms. The molecule has 2 unspecified atom stereocenters. The van der Waals surface area contributed by atoms with Gasteiger partial charge in [-0.05, 0) is 25.1 Å². The highest BCUT2D eigenvalue weighted by molar-refractivity contribution is 5.65. The van der Waals surface area contributed by atoms with Crippen molar-refractivity contribution in [2.24, 2.45) is 10.7 Å². The first kappa shape index (κ1) is 19.9. The van der Waals surface area contributed by atoms with Gasteiger partial charge in [0.25, 0.3) is 5.92 Å². The lowest BCUT2D eigenvalue weighted by Crippen LogP contribution is -2.31. The van der Waals surface area contributed by atoms with Crippen molar-refractivity contribution in [1.29, 1.82) is 0 Å².